The number of phenolic OH excluding ortho intramolecular Hbond substituents is 1. The summed E-state index contributed by atoms with van der Waals surface area (Å²) in [6, 6.07) is 12.7. The summed E-state index contributed by atoms with van der Waals surface area (Å²) in [6.07, 6.45) is 3.00. The van der Waals surface area contributed by atoms with Crippen LogP contribution in [0.3, 0.4) is 0 Å². The number of methoxy groups -OCH3 is 1. The van der Waals surface area contributed by atoms with Crippen LogP contribution < -0.4 is 10.1 Å². The molecule has 1 heterocycles. The van der Waals surface area contributed by atoms with Crippen molar-refractivity contribution < 1.29 is 14.6 Å². The molecule has 0 aliphatic carbocycles. The zero-order valence-electron chi connectivity index (χ0n) is 13.5. The van der Waals surface area contributed by atoms with Gasteiger partial charge in [-0.1, -0.05) is 12.1 Å². The Labute approximate surface area is 140 Å². The summed E-state index contributed by atoms with van der Waals surface area (Å²) in [5.74, 6) is 1.02. The number of hydrogen-bond acceptors (Lipinski definition) is 3. The molecule has 0 aliphatic rings. The molecule has 0 unspecified atom stereocenters. The van der Waals surface area contributed by atoms with E-state index in [1.165, 1.54) is 0 Å². The Hall–Kier alpha value is -2.95. The first-order valence-corrected chi connectivity index (χ1v) is 7.84. The fourth-order valence-electron chi connectivity index (χ4n) is 2.71. The average molecular weight is 324 g/mol. The van der Waals surface area contributed by atoms with Crippen LogP contribution in [0.2, 0.25) is 0 Å². The molecule has 0 bridgehead atoms. The van der Waals surface area contributed by atoms with Crippen LogP contribution in [0.1, 0.15) is 11.1 Å². The Morgan fingerprint density at radius 3 is 2.75 bits per heavy atom. The van der Waals surface area contributed by atoms with Crippen LogP contribution in [0, 0.1) is 0 Å². The van der Waals surface area contributed by atoms with Gasteiger partial charge in [-0.05, 0) is 41.8 Å². The van der Waals surface area contributed by atoms with Crippen LogP contribution in [0.4, 0.5) is 0 Å². The van der Waals surface area contributed by atoms with Gasteiger partial charge in [0.05, 0.1) is 13.5 Å². The van der Waals surface area contributed by atoms with Gasteiger partial charge >= 0.3 is 0 Å². The van der Waals surface area contributed by atoms with Crippen LogP contribution in [-0.2, 0) is 17.6 Å². The second-order valence-corrected chi connectivity index (χ2v) is 5.67. The Kier molecular flexibility index (Phi) is 4.70. The van der Waals surface area contributed by atoms with E-state index in [1.807, 2.05) is 36.5 Å². The van der Waals surface area contributed by atoms with Crippen molar-refractivity contribution in [2.75, 3.05) is 13.7 Å². The van der Waals surface area contributed by atoms with Crippen molar-refractivity contribution >= 4 is 16.8 Å². The van der Waals surface area contributed by atoms with Gasteiger partial charge in [0.1, 0.15) is 11.5 Å². The van der Waals surface area contributed by atoms with Crippen LogP contribution in [0.25, 0.3) is 10.9 Å². The molecule has 1 aromatic heterocycles. The number of nitrogens with one attached hydrogen (secondary N) is 2. The number of benzene rings is 2. The Morgan fingerprint density at radius 2 is 2.00 bits per heavy atom. The molecule has 1 amide bonds. The van der Waals surface area contributed by atoms with Crippen LogP contribution in [-0.4, -0.2) is 29.7 Å². The van der Waals surface area contributed by atoms with Gasteiger partial charge in [0.25, 0.3) is 0 Å². The number of aromatic amines is 1. The van der Waals surface area contributed by atoms with E-state index in [-0.39, 0.29) is 11.7 Å². The Bertz CT molecular complexity index is 837. The summed E-state index contributed by atoms with van der Waals surface area (Å²) in [7, 11) is 1.62. The van der Waals surface area contributed by atoms with Gasteiger partial charge in [0.15, 0.2) is 0 Å². The van der Waals surface area contributed by atoms with Crippen molar-refractivity contribution in [1.29, 1.82) is 0 Å². The van der Waals surface area contributed by atoms with Crippen molar-refractivity contribution in [3.63, 3.8) is 0 Å². The van der Waals surface area contributed by atoms with Crippen LogP contribution >= 0.6 is 0 Å². The normalized spacial score (nSPS) is 10.7. The summed E-state index contributed by atoms with van der Waals surface area (Å²) < 4.78 is 5.10. The fraction of sp³-hybridized carbons (Fsp3) is 0.211. The number of H-pyrrole nitrogens is 1. The first-order chi connectivity index (χ1) is 11.7. The minimum absolute atomic E-state index is 0.00217. The number of amides is 1. The standard InChI is InChI=1S/C19H20N2O3/c1-24-16-5-2-13(3-6-16)10-19(23)20-9-8-14-12-21-18-11-15(22)4-7-17(14)18/h2-7,11-12,21-22H,8-10H2,1H3,(H,20,23). The first-order valence-electron chi connectivity index (χ1n) is 7.84. The molecule has 3 aromatic rings. The average Bonchev–Trinajstić information content (AvgIpc) is 2.97. The molecule has 3 N–H and O–H groups in total. The third-order valence-electron chi connectivity index (χ3n) is 3.99. The third kappa shape index (κ3) is 3.68. The van der Waals surface area contributed by atoms with E-state index in [1.54, 1.807) is 19.2 Å². The zero-order chi connectivity index (χ0) is 16.9. The predicted octanol–water partition coefficient (Wildman–Crippen LogP) is 2.78. The molecule has 0 radical (unpaired) electrons. The number of aromatic nitrogens is 1. The highest BCUT2D eigenvalue weighted by Gasteiger charge is 2.06. The van der Waals surface area contributed by atoms with Gasteiger partial charge in [-0.25, -0.2) is 0 Å². The molecule has 0 fully saturated rings. The van der Waals surface area contributed by atoms with Crippen molar-refractivity contribution in [3.8, 4) is 11.5 Å². The van der Waals surface area contributed by atoms with Crippen molar-refractivity contribution in [2.45, 2.75) is 12.8 Å². The molecular weight excluding hydrogens is 304 g/mol. The zero-order valence-corrected chi connectivity index (χ0v) is 13.5. The van der Waals surface area contributed by atoms with Gasteiger partial charge in [-0.15, -0.1) is 0 Å². The van der Waals surface area contributed by atoms with Crippen molar-refractivity contribution in [3.05, 3.63) is 59.8 Å². The van der Waals surface area contributed by atoms with Gasteiger partial charge in [0, 0.05) is 29.7 Å². The summed E-state index contributed by atoms with van der Waals surface area (Å²) in [5, 5.41) is 13.5. The largest absolute Gasteiger partial charge is 0.508 e. The van der Waals surface area contributed by atoms with Crippen molar-refractivity contribution in [1.82, 2.24) is 10.3 Å². The minimum atomic E-state index is -0.00217. The molecule has 0 saturated carbocycles. The van der Waals surface area contributed by atoms with Gasteiger partial charge in [-0.3, -0.25) is 4.79 Å². The van der Waals surface area contributed by atoms with E-state index in [2.05, 4.69) is 10.3 Å². The summed E-state index contributed by atoms with van der Waals surface area (Å²) in [5.41, 5.74) is 2.97. The lowest BCUT2D eigenvalue weighted by Crippen LogP contribution is -2.27. The van der Waals surface area contributed by atoms with E-state index in [0.717, 1.165) is 34.2 Å². The highest BCUT2D eigenvalue weighted by atomic mass is 16.5. The molecule has 0 aliphatic heterocycles. The second kappa shape index (κ2) is 7.08. The van der Waals surface area contributed by atoms with E-state index >= 15 is 0 Å². The van der Waals surface area contributed by atoms with Crippen molar-refractivity contribution in [2.24, 2.45) is 0 Å². The fourth-order valence-corrected chi connectivity index (χ4v) is 2.71. The molecule has 2 aromatic carbocycles. The maximum atomic E-state index is 12.0. The highest BCUT2D eigenvalue weighted by molar-refractivity contribution is 5.84. The first kappa shape index (κ1) is 15.9. The lowest BCUT2D eigenvalue weighted by atomic mass is 10.1. The molecule has 0 atom stereocenters. The quantitative estimate of drug-likeness (QED) is 0.653. The molecule has 0 saturated heterocycles. The van der Waals surface area contributed by atoms with E-state index in [9.17, 15) is 9.90 Å². The van der Waals surface area contributed by atoms with E-state index < -0.39 is 0 Å². The molecule has 5 heteroatoms. The SMILES string of the molecule is COc1ccc(CC(=O)NCCc2c[nH]c3cc(O)ccc23)cc1. The summed E-state index contributed by atoms with van der Waals surface area (Å²) >= 11 is 0. The number of aromatic hydroxyl groups is 1. The Morgan fingerprint density at radius 1 is 1.21 bits per heavy atom. The molecule has 3 rings (SSSR count). The van der Waals surface area contributed by atoms with Gasteiger partial charge in [-0.2, -0.15) is 0 Å². The van der Waals surface area contributed by atoms with Gasteiger partial charge < -0.3 is 20.1 Å². The summed E-state index contributed by atoms with van der Waals surface area (Å²) in [6.45, 7) is 0.572. The van der Waals surface area contributed by atoms with Crippen LogP contribution in [0.15, 0.2) is 48.7 Å². The monoisotopic (exact) mass is 324 g/mol. The number of phenols is 1. The van der Waals surface area contributed by atoms with Gasteiger partial charge in [0.2, 0.25) is 5.91 Å². The lowest BCUT2D eigenvalue weighted by Gasteiger charge is -2.06. The Balaban J connectivity index is 1.52. The highest BCUT2D eigenvalue weighted by Crippen LogP contribution is 2.22. The predicted molar refractivity (Wildman–Crippen MR) is 93.4 cm³/mol. The number of fused-ring (bicyclic) bond motifs is 1. The lowest BCUT2D eigenvalue weighted by molar-refractivity contribution is -0.120. The molecule has 24 heavy (non-hydrogen) atoms. The van der Waals surface area contributed by atoms with E-state index in [0.29, 0.717) is 13.0 Å². The summed E-state index contributed by atoms with van der Waals surface area (Å²) in [4.78, 5) is 15.2. The molecule has 5 nitrogen and oxygen atoms in total. The molecular formula is C19H20N2O3. The maximum Gasteiger partial charge on any atom is 0.224 e. The van der Waals surface area contributed by atoms with E-state index in [4.69, 9.17) is 4.74 Å². The number of rotatable bonds is 6. The number of carbonyl (C=O) groups is 1. The number of carbonyl (C=O) groups excluding carboxylic acids is 1. The third-order valence-corrected chi connectivity index (χ3v) is 3.99. The smallest absolute Gasteiger partial charge is 0.224 e. The molecule has 0 spiro atoms. The number of hydrogen-bond donors (Lipinski definition) is 3. The second-order valence-electron chi connectivity index (χ2n) is 5.67. The maximum absolute atomic E-state index is 12.0. The number of ether oxygens (including phenoxy) is 1. The molecule has 124 valence electrons. The van der Waals surface area contributed by atoms with Crippen LogP contribution in [0.5, 0.6) is 11.5 Å². The minimum Gasteiger partial charge on any atom is -0.508 e. The topological polar surface area (TPSA) is 74.3 Å².